The Morgan fingerprint density at radius 3 is 2.45 bits per heavy atom. The summed E-state index contributed by atoms with van der Waals surface area (Å²) in [5.74, 6) is 1.11. The molecule has 1 aromatic rings. The van der Waals surface area contributed by atoms with Crippen LogP contribution in [0, 0.1) is 5.92 Å². The molecule has 1 heterocycles. The van der Waals surface area contributed by atoms with Crippen LogP contribution in [0.1, 0.15) is 74.6 Å². The van der Waals surface area contributed by atoms with Crippen molar-refractivity contribution < 1.29 is 14.3 Å². The Bertz CT molecular complexity index is 743. The zero-order valence-electron chi connectivity index (χ0n) is 17.8. The SMILES string of the molecule is COc1ccccc1C(=O)N1C(C(=O)N(C)C2CCCCC2)CC2CCCCC21. The fourth-order valence-corrected chi connectivity index (χ4v) is 5.82. The van der Waals surface area contributed by atoms with Crippen LogP contribution in [0.3, 0.4) is 0 Å². The third kappa shape index (κ3) is 3.88. The van der Waals surface area contributed by atoms with Crippen LogP contribution in [-0.2, 0) is 4.79 Å². The summed E-state index contributed by atoms with van der Waals surface area (Å²) in [6.45, 7) is 0. The molecular formula is C24H34N2O3. The molecule has 3 unspecified atom stereocenters. The first kappa shape index (κ1) is 20.2. The first-order chi connectivity index (χ1) is 14.1. The Morgan fingerprint density at radius 2 is 1.69 bits per heavy atom. The molecule has 2 saturated carbocycles. The van der Waals surface area contributed by atoms with E-state index in [-0.39, 0.29) is 23.9 Å². The quantitative estimate of drug-likeness (QED) is 0.761. The van der Waals surface area contributed by atoms with Crippen LogP contribution < -0.4 is 4.74 Å². The van der Waals surface area contributed by atoms with Crippen molar-refractivity contribution in [3.8, 4) is 5.75 Å². The first-order valence-corrected chi connectivity index (χ1v) is 11.3. The molecule has 3 atom stereocenters. The summed E-state index contributed by atoms with van der Waals surface area (Å²) >= 11 is 0. The number of carbonyl (C=O) groups excluding carboxylic acids is 2. The summed E-state index contributed by atoms with van der Waals surface area (Å²) in [6.07, 6.45) is 11.1. The summed E-state index contributed by atoms with van der Waals surface area (Å²) in [4.78, 5) is 31.2. The molecule has 5 heteroatoms. The third-order valence-electron chi connectivity index (χ3n) is 7.42. The highest BCUT2D eigenvalue weighted by atomic mass is 16.5. The molecule has 0 N–H and O–H groups in total. The van der Waals surface area contributed by atoms with E-state index in [0.717, 1.165) is 38.5 Å². The Labute approximate surface area is 174 Å². The molecule has 3 aliphatic rings. The molecule has 29 heavy (non-hydrogen) atoms. The lowest BCUT2D eigenvalue weighted by molar-refractivity contribution is -0.137. The fourth-order valence-electron chi connectivity index (χ4n) is 5.82. The zero-order chi connectivity index (χ0) is 20.4. The van der Waals surface area contributed by atoms with Crippen LogP contribution in [0.4, 0.5) is 0 Å². The second-order valence-corrected chi connectivity index (χ2v) is 9.02. The van der Waals surface area contributed by atoms with Crippen LogP contribution in [0.25, 0.3) is 0 Å². The van der Waals surface area contributed by atoms with E-state index in [2.05, 4.69) is 0 Å². The Kier molecular flexibility index (Phi) is 6.12. The lowest BCUT2D eigenvalue weighted by Gasteiger charge is -2.37. The maximum Gasteiger partial charge on any atom is 0.258 e. The average Bonchev–Trinajstić information content (AvgIpc) is 3.17. The van der Waals surface area contributed by atoms with E-state index in [0.29, 0.717) is 23.3 Å². The highest BCUT2D eigenvalue weighted by Gasteiger charge is 2.49. The minimum absolute atomic E-state index is 0.0488. The second kappa shape index (κ2) is 8.76. The van der Waals surface area contributed by atoms with Gasteiger partial charge in [0.05, 0.1) is 12.7 Å². The molecule has 158 valence electrons. The Balaban J connectivity index is 1.62. The molecule has 1 saturated heterocycles. The van der Waals surface area contributed by atoms with Crippen molar-refractivity contribution in [2.75, 3.05) is 14.2 Å². The molecule has 1 aromatic carbocycles. The van der Waals surface area contributed by atoms with E-state index in [1.54, 1.807) is 7.11 Å². The molecule has 0 spiro atoms. The monoisotopic (exact) mass is 398 g/mol. The topological polar surface area (TPSA) is 49.9 Å². The summed E-state index contributed by atoms with van der Waals surface area (Å²) in [7, 11) is 3.55. The van der Waals surface area contributed by atoms with Crippen molar-refractivity contribution in [1.29, 1.82) is 0 Å². The number of ether oxygens (including phenoxy) is 1. The summed E-state index contributed by atoms with van der Waals surface area (Å²) in [6, 6.07) is 7.55. The molecule has 0 bridgehead atoms. The van der Waals surface area contributed by atoms with Crippen LogP contribution in [0.5, 0.6) is 5.75 Å². The normalized spacial score (nSPS) is 27.4. The van der Waals surface area contributed by atoms with Gasteiger partial charge in [0.15, 0.2) is 0 Å². The lowest BCUT2D eigenvalue weighted by Crippen LogP contribution is -2.52. The molecule has 2 aliphatic carbocycles. The summed E-state index contributed by atoms with van der Waals surface area (Å²) in [5, 5.41) is 0. The van der Waals surface area contributed by atoms with Gasteiger partial charge in [0.25, 0.3) is 5.91 Å². The van der Waals surface area contributed by atoms with E-state index in [1.807, 2.05) is 41.1 Å². The third-order valence-corrected chi connectivity index (χ3v) is 7.42. The number of hydrogen-bond donors (Lipinski definition) is 0. The van der Waals surface area contributed by atoms with Gasteiger partial charge in [-0.25, -0.2) is 0 Å². The molecule has 0 radical (unpaired) electrons. The van der Waals surface area contributed by atoms with Crippen LogP contribution in [0.15, 0.2) is 24.3 Å². The van der Waals surface area contributed by atoms with Gasteiger partial charge in [-0.2, -0.15) is 0 Å². The number of rotatable bonds is 4. The number of amides is 2. The van der Waals surface area contributed by atoms with E-state index in [1.165, 1.54) is 25.7 Å². The molecule has 4 rings (SSSR count). The number of para-hydroxylation sites is 1. The number of hydrogen-bond acceptors (Lipinski definition) is 3. The number of methoxy groups -OCH3 is 1. The van der Waals surface area contributed by atoms with Crippen LogP contribution in [-0.4, -0.2) is 53.9 Å². The predicted molar refractivity (Wildman–Crippen MR) is 113 cm³/mol. The van der Waals surface area contributed by atoms with Gasteiger partial charge in [0.2, 0.25) is 5.91 Å². The summed E-state index contributed by atoms with van der Waals surface area (Å²) in [5.41, 5.74) is 0.569. The van der Waals surface area contributed by atoms with Crippen molar-refractivity contribution >= 4 is 11.8 Å². The average molecular weight is 399 g/mol. The van der Waals surface area contributed by atoms with E-state index in [4.69, 9.17) is 4.74 Å². The molecule has 0 aromatic heterocycles. The van der Waals surface area contributed by atoms with Gasteiger partial charge >= 0.3 is 0 Å². The lowest BCUT2D eigenvalue weighted by atomic mass is 9.84. The Hall–Kier alpha value is -2.04. The van der Waals surface area contributed by atoms with Crippen molar-refractivity contribution in [1.82, 2.24) is 9.80 Å². The van der Waals surface area contributed by atoms with Gasteiger partial charge in [-0.05, 0) is 50.2 Å². The smallest absolute Gasteiger partial charge is 0.258 e. The van der Waals surface area contributed by atoms with Gasteiger partial charge in [0, 0.05) is 19.1 Å². The fraction of sp³-hybridized carbons (Fsp3) is 0.667. The van der Waals surface area contributed by atoms with Gasteiger partial charge in [-0.15, -0.1) is 0 Å². The minimum atomic E-state index is -0.340. The maximum atomic E-state index is 13.7. The number of nitrogens with zero attached hydrogens (tertiary/aromatic N) is 2. The highest BCUT2D eigenvalue weighted by molar-refractivity contribution is 6.00. The number of fused-ring (bicyclic) bond motifs is 1. The molecule has 3 fully saturated rings. The number of carbonyl (C=O) groups is 2. The van der Waals surface area contributed by atoms with Gasteiger partial charge < -0.3 is 14.5 Å². The zero-order valence-corrected chi connectivity index (χ0v) is 17.8. The van der Waals surface area contributed by atoms with Crippen molar-refractivity contribution in [2.24, 2.45) is 5.92 Å². The van der Waals surface area contributed by atoms with Crippen molar-refractivity contribution in [3.05, 3.63) is 29.8 Å². The second-order valence-electron chi connectivity index (χ2n) is 9.02. The highest BCUT2D eigenvalue weighted by Crippen LogP contribution is 2.42. The van der Waals surface area contributed by atoms with Crippen molar-refractivity contribution in [2.45, 2.75) is 82.3 Å². The molecular weight excluding hydrogens is 364 g/mol. The van der Waals surface area contributed by atoms with Gasteiger partial charge in [-0.1, -0.05) is 44.2 Å². The number of likely N-dealkylation sites (N-methyl/N-ethyl adjacent to an activating group) is 1. The van der Waals surface area contributed by atoms with Crippen LogP contribution in [0.2, 0.25) is 0 Å². The van der Waals surface area contributed by atoms with Gasteiger partial charge in [-0.3, -0.25) is 9.59 Å². The maximum absolute atomic E-state index is 13.7. The van der Waals surface area contributed by atoms with E-state index < -0.39 is 0 Å². The summed E-state index contributed by atoms with van der Waals surface area (Å²) < 4.78 is 5.46. The Morgan fingerprint density at radius 1 is 1.00 bits per heavy atom. The van der Waals surface area contributed by atoms with Gasteiger partial charge in [0.1, 0.15) is 11.8 Å². The molecule has 2 amide bonds. The standard InChI is InChI=1S/C24H34N2O3/c1-25(18-11-4-3-5-12-18)24(28)21-16-17-10-6-8-14-20(17)26(21)23(27)19-13-7-9-15-22(19)29-2/h7,9,13,15,17-18,20-21H,3-6,8,10-12,14,16H2,1-2H3. The largest absolute Gasteiger partial charge is 0.496 e. The first-order valence-electron chi connectivity index (χ1n) is 11.3. The number of benzene rings is 1. The number of likely N-dealkylation sites (tertiary alicyclic amines) is 1. The van der Waals surface area contributed by atoms with Crippen molar-refractivity contribution in [3.63, 3.8) is 0 Å². The molecule has 5 nitrogen and oxygen atoms in total. The van der Waals surface area contributed by atoms with E-state index >= 15 is 0 Å². The molecule has 1 aliphatic heterocycles. The van der Waals surface area contributed by atoms with E-state index in [9.17, 15) is 9.59 Å². The van der Waals surface area contributed by atoms with Crippen LogP contribution >= 0.6 is 0 Å². The minimum Gasteiger partial charge on any atom is -0.496 e. The predicted octanol–water partition coefficient (Wildman–Crippen LogP) is 4.26.